The van der Waals surface area contributed by atoms with Gasteiger partial charge in [-0.3, -0.25) is 0 Å². The number of benzene rings is 2. The van der Waals surface area contributed by atoms with Crippen LogP contribution in [0.25, 0.3) is 0 Å². The monoisotopic (exact) mass is 346 g/mol. The Hall–Kier alpha value is -2.42. The van der Waals surface area contributed by atoms with E-state index in [0.29, 0.717) is 0 Å². The highest BCUT2D eigenvalue weighted by Crippen LogP contribution is 2.36. The molecule has 0 aliphatic carbocycles. The summed E-state index contributed by atoms with van der Waals surface area (Å²) in [7, 11) is -0.363. The van der Waals surface area contributed by atoms with Crippen molar-refractivity contribution in [3.05, 3.63) is 54.1 Å². The van der Waals surface area contributed by atoms with Gasteiger partial charge < -0.3 is 9.31 Å². The van der Waals surface area contributed by atoms with Crippen LogP contribution in [-0.4, -0.2) is 18.3 Å². The van der Waals surface area contributed by atoms with E-state index in [4.69, 9.17) is 9.31 Å². The lowest BCUT2D eigenvalue weighted by molar-refractivity contribution is 0.00578. The Labute approximate surface area is 155 Å². The molecule has 1 saturated heterocycles. The molecule has 0 bridgehead atoms. The van der Waals surface area contributed by atoms with Gasteiger partial charge in [0, 0.05) is 5.56 Å². The quantitative estimate of drug-likeness (QED) is 0.456. The van der Waals surface area contributed by atoms with E-state index in [1.54, 1.807) is 0 Å². The zero-order valence-corrected chi connectivity index (χ0v) is 15.9. The van der Waals surface area contributed by atoms with Gasteiger partial charge in [-0.05, 0) is 76.5 Å². The van der Waals surface area contributed by atoms with Gasteiger partial charge in [-0.15, -0.1) is 5.92 Å². The molecule has 1 aliphatic heterocycles. The van der Waals surface area contributed by atoms with Gasteiger partial charge in [0.2, 0.25) is 0 Å². The first-order chi connectivity index (χ1) is 12.3. The third-order valence-electron chi connectivity index (χ3n) is 4.84. The molecule has 1 heterocycles. The van der Waals surface area contributed by atoms with Crippen LogP contribution in [0.5, 0.6) is 0 Å². The summed E-state index contributed by atoms with van der Waals surface area (Å²) in [5.41, 5.74) is 2.84. The van der Waals surface area contributed by atoms with Crippen LogP contribution in [0.1, 0.15) is 40.2 Å². The number of hydrogen-bond donors (Lipinski definition) is 0. The summed E-state index contributed by atoms with van der Waals surface area (Å²) in [4.78, 5) is 0. The largest absolute Gasteiger partial charge is 0.494 e. The molecule has 0 spiro atoms. The predicted molar refractivity (Wildman–Crippen MR) is 105 cm³/mol. The van der Waals surface area contributed by atoms with E-state index in [9.17, 15) is 0 Å². The SMILES string of the molecule is CC#Cc1ccc(N=Nc2ccc(B3OC(C)(C)C(C)(C)O3)cc2)cc1. The summed E-state index contributed by atoms with van der Waals surface area (Å²) >= 11 is 0. The first kappa shape index (κ1) is 18.4. The van der Waals surface area contributed by atoms with Crippen LogP contribution in [-0.2, 0) is 9.31 Å². The first-order valence-electron chi connectivity index (χ1n) is 8.71. The standard InChI is InChI=1S/C21H23BN2O2/c1-6-7-16-8-12-18(13-9-16)23-24-19-14-10-17(11-15-19)22-25-20(2,3)21(4,5)26-22/h8-15H,1-5H3. The molecule has 0 atom stereocenters. The lowest BCUT2D eigenvalue weighted by Crippen LogP contribution is -2.41. The van der Waals surface area contributed by atoms with Gasteiger partial charge in [-0.1, -0.05) is 18.1 Å². The smallest absolute Gasteiger partial charge is 0.399 e. The van der Waals surface area contributed by atoms with Crippen LogP contribution >= 0.6 is 0 Å². The van der Waals surface area contributed by atoms with E-state index in [-0.39, 0.29) is 18.3 Å². The molecule has 5 heteroatoms. The Morgan fingerprint density at radius 1 is 0.769 bits per heavy atom. The number of hydrogen-bond acceptors (Lipinski definition) is 4. The van der Waals surface area contributed by atoms with E-state index in [1.807, 2.05) is 83.1 Å². The fourth-order valence-corrected chi connectivity index (χ4v) is 2.55. The molecular formula is C21H23BN2O2. The molecule has 0 saturated carbocycles. The molecule has 2 aromatic rings. The molecule has 0 radical (unpaired) electrons. The van der Waals surface area contributed by atoms with Crippen molar-refractivity contribution in [1.29, 1.82) is 0 Å². The Kier molecular flexibility index (Phi) is 5.00. The summed E-state index contributed by atoms with van der Waals surface area (Å²) < 4.78 is 12.1. The minimum absolute atomic E-state index is 0.343. The Morgan fingerprint density at radius 3 is 1.69 bits per heavy atom. The maximum atomic E-state index is 6.06. The fraction of sp³-hybridized carbons (Fsp3) is 0.333. The summed E-state index contributed by atoms with van der Waals surface area (Å²) in [6.45, 7) is 10.0. The number of rotatable bonds is 3. The van der Waals surface area contributed by atoms with E-state index in [0.717, 1.165) is 22.4 Å². The van der Waals surface area contributed by atoms with Crippen molar-refractivity contribution in [2.75, 3.05) is 0 Å². The van der Waals surface area contributed by atoms with Gasteiger partial charge in [0.25, 0.3) is 0 Å². The van der Waals surface area contributed by atoms with Crippen molar-refractivity contribution in [2.45, 2.75) is 45.8 Å². The normalized spacial score (nSPS) is 18.0. The molecule has 4 nitrogen and oxygen atoms in total. The second kappa shape index (κ2) is 7.07. The minimum atomic E-state index is -0.363. The summed E-state index contributed by atoms with van der Waals surface area (Å²) in [6, 6.07) is 15.5. The molecule has 0 unspecified atom stereocenters. The Bertz CT molecular complexity index is 844. The fourth-order valence-electron chi connectivity index (χ4n) is 2.55. The van der Waals surface area contributed by atoms with Gasteiger partial charge in [0.05, 0.1) is 22.6 Å². The molecule has 3 rings (SSSR count). The Balaban J connectivity index is 1.69. The summed E-state index contributed by atoms with van der Waals surface area (Å²) in [5.74, 6) is 5.88. The third kappa shape index (κ3) is 3.87. The first-order valence-corrected chi connectivity index (χ1v) is 8.71. The highest BCUT2D eigenvalue weighted by Gasteiger charge is 2.51. The molecule has 1 aliphatic rings. The van der Waals surface area contributed by atoms with E-state index in [1.165, 1.54) is 0 Å². The van der Waals surface area contributed by atoms with E-state index in [2.05, 4.69) is 22.1 Å². The van der Waals surface area contributed by atoms with Crippen LogP contribution in [0.2, 0.25) is 0 Å². The van der Waals surface area contributed by atoms with Gasteiger partial charge in [0.15, 0.2) is 0 Å². The molecular weight excluding hydrogens is 323 g/mol. The van der Waals surface area contributed by atoms with Crippen LogP contribution in [0.3, 0.4) is 0 Å². The molecule has 1 fully saturated rings. The third-order valence-corrected chi connectivity index (χ3v) is 4.84. The maximum absolute atomic E-state index is 6.06. The zero-order chi connectivity index (χ0) is 18.8. The second-order valence-corrected chi connectivity index (χ2v) is 7.30. The van der Waals surface area contributed by atoms with Crippen molar-refractivity contribution >= 4 is 24.0 Å². The lowest BCUT2D eigenvalue weighted by Gasteiger charge is -2.32. The molecule has 0 amide bonds. The van der Waals surface area contributed by atoms with Crippen LogP contribution < -0.4 is 5.46 Å². The van der Waals surface area contributed by atoms with Crippen molar-refractivity contribution < 1.29 is 9.31 Å². The number of azo groups is 1. The van der Waals surface area contributed by atoms with Crippen LogP contribution in [0, 0.1) is 11.8 Å². The maximum Gasteiger partial charge on any atom is 0.494 e. The molecule has 0 N–H and O–H groups in total. The lowest BCUT2D eigenvalue weighted by atomic mass is 9.79. The average Bonchev–Trinajstić information content (AvgIpc) is 2.83. The topological polar surface area (TPSA) is 43.2 Å². The van der Waals surface area contributed by atoms with Crippen molar-refractivity contribution in [3.8, 4) is 11.8 Å². The highest BCUT2D eigenvalue weighted by atomic mass is 16.7. The van der Waals surface area contributed by atoms with Gasteiger partial charge in [-0.2, -0.15) is 10.2 Å². The van der Waals surface area contributed by atoms with Gasteiger partial charge in [-0.25, -0.2) is 0 Å². The Morgan fingerprint density at radius 2 is 1.23 bits per heavy atom. The minimum Gasteiger partial charge on any atom is -0.399 e. The molecule has 2 aromatic carbocycles. The van der Waals surface area contributed by atoms with Crippen molar-refractivity contribution in [2.24, 2.45) is 10.2 Å². The highest BCUT2D eigenvalue weighted by molar-refractivity contribution is 6.62. The van der Waals surface area contributed by atoms with E-state index < -0.39 is 0 Å². The predicted octanol–water partition coefficient (Wildman–Crippen LogP) is 4.77. The van der Waals surface area contributed by atoms with Crippen molar-refractivity contribution in [1.82, 2.24) is 0 Å². The number of nitrogens with zero attached hydrogens (tertiary/aromatic N) is 2. The van der Waals surface area contributed by atoms with Crippen LogP contribution in [0.15, 0.2) is 58.8 Å². The second-order valence-electron chi connectivity index (χ2n) is 7.30. The summed E-state index contributed by atoms with van der Waals surface area (Å²) in [6.07, 6.45) is 0. The average molecular weight is 346 g/mol. The molecule has 132 valence electrons. The molecule has 26 heavy (non-hydrogen) atoms. The van der Waals surface area contributed by atoms with Crippen molar-refractivity contribution in [3.63, 3.8) is 0 Å². The zero-order valence-electron chi connectivity index (χ0n) is 15.9. The van der Waals surface area contributed by atoms with Crippen LogP contribution in [0.4, 0.5) is 11.4 Å². The summed E-state index contributed by atoms with van der Waals surface area (Å²) in [5, 5.41) is 8.55. The van der Waals surface area contributed by atoms with Gasteiger partial charge >= 0.3 is 7.12 Å². The van der Waals surface area contributed by atoms with Gasteiger partial charge in [0.1, 0.15) is 0 Å². The molecule has 0 aromatic heterocycles. The van der Waals surface area contributed by atoms with E-state index >= 15 is 0 Å².